The lowest BCUT2D eigenvalue weighted by molar-refractivity contribution is -0.288. The number of piperazine rings is 1. The molecule has 0 aliphatic carbocycles. The molecule has 1 heterocycles. The van der Waals surface area contributed by atoms with Crippen molar-refractivity contribution in [3.8, 4) is 0 Å². The molecule has 0 aromatic rings. The van der Waals surface area contributed by atoms with Crippen molar-refractivity contribution in [2.45, 2.75) is 24.6 Å². The Hall–Kier alpha value is -0.430. The van der Waals surface area contributed by atoms with E-state index in [0.717, 1.165) is 0 Å². The summed E-state index contributed by atoms with van der Waals surface area (Å²) in [4.78, 5) is 1.52. The average molecular weight is 232 g/mol. The third-order valence-corrected chi connectivity index (χ3v) is 2.55. The topological polar surface area (TPSA) is 15.3 Å². The summed E-state index contributed by atoms with van der Waals surface area (Å²) in [5.74, 6) is -4.61. The molecule has 1 unspecified atom stereocenters. The second-order valence-corrected chi connectivity index (χ2v) is 3.74. The van der Waals surface area contributed by atoms with Crippen LogP contribution in [0.5, 0.6) is 0 Å². The van der Waals surface area contributed by atoms with Crippen molar-refractivity contribution in [1.82, 2.24) is 10.2 Å². The minimum atomic E-state index is -5.45. The van der Waals surface area contributed by atoms with Gasteiger partial charge in [-0.05, 0) is 7.05 Å². The maximum absolute atomic E-state index is 12.7. The van der Waals surface area contributed by atoms with Crippen molar-refractivity contribution >= 4 is 0 Å². The molecule has 0 bridgehead atoms. The first-order valence-corrected chi connectivity index (χ1v) is 4.59. The van der Waals surface area contributed by atoms with Crippen molar-refractivity contribution in [2.24, 2.45) is 0 Å². The first-order valence-electron chi connectivity index (χ1n) is 4.59. The third-order valence-electron chi connectivity index (χ3n) is 2.55. The van der Waals surface area contributed by atoms with E-state index in [1.807, 2.05) is 0 Å². The first-order chi connectivity index (χ1) is 6.74. The van der Waals surface area contributed by atoms with Gasteiger partial charge in [0.05, 0.1) is 0 Å². The van der Waals surface area contributed by atoms with E-state index in [9.17, 15) is 22.0 Å². The predicted octanol–water partition coefficient (Wildman–Crippen LogP) is 1.48. The van der Waals surface area contributed by atoms with Crippen LogP contribution in [0.1, 0.15) is 6.42 Å². The number of likely N-dealkylation sites (N-methyl/N-ethyl adjacent to an activating group) is 1. The summed E-state index contributed by atoms with van der Waals surface area (Å²) in [6.45, 7) is 1.27. The molecule has 0 aromatic heterocycles. The van der Waals surface area contributed by atoms with E-state index in [0.29, 0.717) is 13.1 Å². The van der Waals surface area contributed by atoms with Gasteiger partial charge >= 0.3 is 12.1 Å². The molecule has 1 N–H and O–H groups in total. The van der Waals surface area contributed by atoms with Crippen molar-refractivity contribution in [2.75, 3.05) is 26.7 Å². The Bertz CT molecular complexity index is 216. The predicted molar refractivity (Wildman–Crippen MR) is 44.9 cm³/mol. The summed E-state index contributed by atoms with van der Waals surface area (Å²) in [6, 6.07) is -0.768. The van der Waals surface area contributed by atoms with E-state index >= 15 is 0 Å². The molecular weight excluding hydrogens is 219 g/mol. The number of halogens is 5. The zero-order valence-electron chi connectivity index (χ0n) is 8.24. The lowest BCUT2D eigenvalue weighted by atomic mass is 10.1. The lowest BCUT2D eigenvalue weighted by Crippen LogP contribution is -2.53. The lowest BCUT2D eigenvalue weighted by Gasteiger charge is -2.35. The largest absolute Gasteiger partial charge is 0.453 e. The van der Waals surface area contributed by atoms with Gasteiger partial charge in [-0.2, -0.15) is 22.0 Å². The molecule has 1 rings (SSSR count). The van der Waals surface area contributed by atoms with Gasteiger partial charge in [0, 0.05) is 32.1 Å². The molecule has 0 saturated carbocycles. The molecule has 7 heteroatoms. The Morgan fingerprint density at radius 3 is 2.33 bits per heavy atom. The van der Waals surface area contributed by atoms with E-state index < -0.39 is 24.6 Å². The zero-order valence-corrected chi connectivity index (χ0v) is 8.24. The van der Waals surface area contributed by atoms with Gasteiger partial charge in [-0.15, -0.1) is 0 Å². The second kappa shape index (κ2) is 4.21. The molecule has 2 nitrogen and oxygen atoms in total. The summed E-state index contributed by atoms with van der Waals surface area (Å²) in [5, 5.41) is 2.80. The minimum absolute atomic E-state index is 0.169. The van der Waals surface area contributed by atoms with Crippen LogP contribution in [0.2, 0.25) is 0 Å². The second-order valence-electron chi connectivity index (χ2n) is 3.74. The van der Waals surface area contributed by atoms with Crippen LogP contribution in [0, 0.1) is 0 Å². The Morgan fingerprint density at radius 1 is 1.27 bits per heavy atom. The van der Waals surface area contributed by atoms with Crippen LogP contribution >= 0.6 is 0 Å². The molecule has 0 amide bonds. The fourth-order valence-corrected chi connectivity index (χ4v) is 1.50. The summed E-state index contributed by atoms with van der Waals surface area (Å²) < 4.78 is 61.2. The molecule has 90 valence electrons. The normalized spacial score (nSPS) is 25.6. The maximum atomic E-state index is 12.7. The molecule has 1 aliphatic heterocycles. The van der Waals surface area contributed by atoms with Gasteiger partial charge in [-0.3, -0.25) is 0 Å². The van der Waals surface area contributed by atoms with Crippen molar-refractivity contribution in [1.29, 1.82) is 0 Å². The highest BCUT2D eigenvalue weighted by Crippen LogP contribution is 2.39. The van der Waals surface area contributed by atoms with Gasteiger partial charge in [0.2, 0.25) is 0 Å². The Balaban J connectivity index is 2.59. The number of nitrogens with zero attached hydrogens (tertiary/aromatic N) is 1. The number of rotatable bonds is 2. The molecule has 1 atom stereocenters. The molecular formula is C8H13F5N2. The van der Waals surface area contributed by atoms with E-state index in [1.165, 1.54) is 4.90 Å². The fourth-order valence-electron chi connectivity index (χ4n) is 1.50. The highest BCUT2D eigenvalue weighted by molar-refractivity contribution is 4.86. The summed E-state index contributed by atoms with van der Waals surface area (Å²) in [6.07, 6.45) is -6.63. The van der Waals surface area contributed by atoms with E-state index in [4.69, 9.17) is 0 Å². The highest BCUT2D eigenvalue weighted by Gasteiger charge is 2.58. The van der Waals surface area contributed by atoms with Crippen LogP contribution in [-0.4, -0.2) is 49.7 Å². The van der Waals surface area contributed by atoms with Crippen LogP contribution in [0.3, 0.4) is 0 Å². The number of nitrogens with one attached hydrogen (secondary N) is 1. The zero-order chi connectivity index (χ0) is 11.7. The van der Waals surface area contributed by atoms with Gasteiger partial charge in [0.15, 0.2) is 0 Å². The Labute approximate surface area is 84.4 Å². The summed E-state index contributed by atoms with van der Waals surface area (Å²) in [5.41, 5.74) is 0. The first kappa shape index (κ1) is 12.6. The quantitative estimate of drug-likeness (QED) is 0.725. The third kappa shape index (κ3) is 3.01. The van der Waals surface area contributed by atoms with Gasteiger partial charge < -0.3 is 10.2 Å². The Morgan fingerprint density at radius 2 is 1.87 bits per heavy atom. The van der Waals surface area contributed by atoms with Crippen molar-refractivity contribution in [3.05, 3.63) is 0 Å². The maximum Gasteiger partial charge on any atom is 0.453 e. The van der Waals surface area contributed by atoms with Crippen LogP contribution in [-0.2, 0) is 0 Å². The molecule has 1 fully saturated rings. The molecule has 0 radical (unpaired) electrons. The standard InChI is InChI=1S/C8H13F5N2/c1-15-3-2-14-5-6(15)4-7(9,10)8(11,12)13/h6,14H,2-5H2,1H3. The molecule has 15 heavy (non-hydrogen) atoms. The van der Waals surface area contributed by atoms with Crippen LogP contribution in [0.4, 0.5) is 22.0 Å². The monoisotopic (exact) mass is 232 g/mol. The number of hydrogen-bond donors (Lipinski definition) is 1. The van der Waals surface area contributed by atoms with Gasteiger partial charge in [0.25, 0.3) is 0 Å². The number of hydrogen-bond acceptors (Lipinski definition) is 2. The van der Waals surface area contributed by atoms with Crippen molar-refractivity contribution in [3.63, 3.8) is 0 Å². The van der Waals surface area contributed by atoms with Gasteiger partial charge in [0.1, 0.15) is 0 Å². The van der Waals surface area contributed by atoms with Crippen LogP contribution < -0.4 is 5.32 Å². The average Bonchev–Trinajstić information content (AvgIpc) is 2.06. The summed E-state index contributed by atoms with van der Waals surface area (Å²) >= 11 is 0. The van der Waals surface area contributed by atoms with Crippen molar-refractivity contribution < 1.29 is 22.0 Å². The molecule has 0 spiro atoms. The molecule has 1 aliphatic rings. The Kier molecular flexibility index (Phi) is 3.55. The van der Waals surface area contributed by atoms with E-state index in [1.54, 1.807) is 7.05 Å². The van der Waals surface area contributed by atoms with Gasteiger partial charge in [-0.25, -0.2) is 0 Å². The van der Waals surface area contributed by atoms with E-state index in [2.05, 4.69) is 5.32 Å². The highest BCUT2D eigenvalue weighted by atomic mass is 19.4. The minimum Gasteiger partial charge on any atom is -0.314 e. The van der Waals surface area contributed by atoms with Gasteiger partial charge in [-0.1, -0.05) is 0 Å². The fraction of sp³-hybridized carbons (Fsp3) is 1.00. The smallest absolute Gasteiger partial charge is 0.314 e. The SMILES string of the molecule is CN1CCNCC1CC(F)(F)C(F)(F)F. The number of alkyl halides is 5. The molecule has 1 saturated heterocycles. The molecule has 0 aromatic carbocycles. The van der Waals surface area contributed by atoms with Crippen LogP contribution in [0.25, 0.3) is 0 Å². The van der Waals surface area contributed by atoms with E-state index in [-0.39, 0.29) is 6.54 Å². The van der Waals surface area contributed by atoms with Crippen LogP contribution in [0.15, 0.2) is 0 Å². The summed E-state index contributed by atoms with van der Waals surface area (Å²) in [7, 11) is 1.55.